The zero-order valence-corrected chi connectivity index (χ0v) is 44.9. The molecule has 68 heavy (non-hydrogen) atoms. The monoisotopic (exact) mass is 1130 g/mol. The maximum atomic E-state index is 9.43. The van der Waals surface area contributed by atoms with E-state index in [1.165, 1.54) is 44.2 Å². The van der Waals surface area contributed by atoms with E-state index in [2.05, 4.69) is 178 Å². The Labute approximate surface area is 417 Å². The normalized spacial score (nSPS) is 11.7. The minimum absolute atomic E-state index is 0. The van der Waals surface area contributed by atoms with Crippen molar-refractivity contribution in [3.8, 4) is 39.8 Å². The fourth-order valence-corrected chi connectivity index (χ4v) is 12.7. The van der Waals surface area contributed by atoms with Crippen LogP contribution in [0, 0.1) is 29.4 Å². The quantitative estimate of drug-likeness (QED) is 0.101. The smallest absolute Gasteiger partial charge is 0.217 e. The van der Waals surface area contributed by atoms with Crippen LogP contribution in [0.5, 0.6) is 0 Å². The molecule has 8 heteroatoms. The van der Waals surface area contributed by atoms with E-state index in [-0.39, 0.29) is 20.1 Å². The van der Waals surface area contributed by atoms with Crippen molar-refractivity contribution in [2.24, 2.45) is 5.92 Å². The number of benzene rings is 6. The summed E-state index contributed by atoms with van der Waals surface area (Å²) in [5.74, 6) is 9.41. The van der Waals surface area contributed by atoms with Crippen molar-refractivity contribution in [2.75, 3.05) is 0 Å². The first-order valence-corrected chi connectivity index (χ1v) is 30.8. The van der Waals surface area contributed by atoms with Crippen molar-refractivity contribution >= 4 is 61.5 Å². The summed E-state index contributed by atoms with van der Waals surface area (Å²) in [6.45, 7) is 14.4. The minimum Gasteiger partial charge on any atom is -0.486 e. The molecular weight excluding hydrogens is 1070 g/mol. The average Bonchev–Trinajstić information content (AvgIpc) is 3.89. The second-order valence-corrected chi connectivity index (χ2v) is 30.3. The van der Waals surface area contributed by atoms with Crippen LogP contribution in [-0.2, 0) is 33.1 Å². The van der Waals surface area contributed by atoms with Gasteiger partial charge < -0.3 is 8.98 Å². The molecule has 10 aromatic rings. The van der Waals surface area contributed by atoms with Crippen molar-refractivity contribution in [3.05, 3.63) is 180 Å². The Morgan fingerprint density at radius 2 is 1.43 bits per heavy atom. The van der Waals surface area contributed by atoms with E-state index in [9.17, 15) is 5.26 Å². The third-order valence-electron chi connectivity index (χ3n) is 12.7. The summed E-state index contributed by atoms with van der Waals surface area (Å²) in [6, 6.07) is 55.1. The Balaban J connectivity index is 0.000000251. The molecule has 343 valence electrons. The van der Waals surface area contributed by atoms with E-state index < -0.39 is 13.3 Å². The molecule has 0 aliphatic rings. The summed E-state index contributed by atoms with van der Waals surface area (Å²) in [5, 5.41) is 13.7. The van der Waals surface area contributed by atoms with E-state index in [0.29, 0.717) is 41.3 Å². The van der Waals surface area contributed by atoms with E-state index in [4.69, 9.17) is 14.4 Å². The third-order valence-corrected chi connectivity index (χ3v) is 17.0. The molecule has 0 unspecified atom stereocenters. The molecule has 0 aliphatic heterocycles. The molecule has 4 aromatic heterocycles. The van der Waals surface area contributed by atoms with Gasteiger partial charge in [0.15, 0.2) is 0 Å². The molecule has 0 bridgehead atoms. The Morgan fingerprint density at radius 1 is 0.706 bits per heavy atom. The van der Waals surface area contributed by atoms with Crippen molar-refractivity contribution < 1.29 is 24.5 Å². The molecule has 0 fully saturated rings. The SMILES string of the molecule is CC(C)Cc1cc(-c2[c-]cccc2)nc[c]1[Ge]([CH3])([CH3])[CH3].CC(C)c1cc(-c2ccc3ccccc3c2)cc(C(C)C)c1Cn1c(-c2[c-]ccc3c2oc2nc(C#N)ccc23)nc2ccccc21.[Ir]. The molecule has 6 aromatic carbocycles. The largest absolute Gasteiger partial charge is 0.486 e. The van der Waals surface area contributed by atoms with E-state index in [1.54, 1.807) is 10.5 Å². The zero-order chi connectivity index (χ0) is 47.0. The number of para-hydroxylation sites is 2. The number of pyridine rings is 2. The van der Waals surface area contributed by atoms with Crippen LogP contribution >= 0.6 is 0 Å². The first kappa shape index (κ1) is 48.3. The van der Waals surface area contributed by atoms with E-state index in [1.807, 2.05) is 42.5 Å². The summed E-state index contributed by atoms with van der Waals surface area (Å²) in [5.41, 5.74) is 14.3. The molecule has 0 aliphatic carbocycles. The number of rotatable bonds is 10. The van der Waals surface area contributed by atoms with Gasteiger partial charge in [-0.1, -0.05) is 99.3 Å². The molecule has 6 nitrogen and oxygen atoms in total. The van der Waals surface area contributed by atoms with Crippen molar-refractivity contribution in [1.29, 1.82) is 5.26 Å². The van der Waals surface area contributed by atoms with Gasteiger partial charge in [-0.15, -0.1) is 18.2 Å². The summed E-state index contributed by atoms with van der Waals surface area (Å²) in [4.78, 5) is 14.3. The Morgan fingerprint density at radius 3 is 2.12 bits per heavy atom. The summed E-state index contributed by atoms with van der Waals surface area (Å²) in [7, 11) is 0. The molecule has 0 amide bonds. The van der Waals surface area contributed by atoms with Crippen molar-refractivity contribution in [1.82, 2.24) is 19.5 Å². The van der Waals surface area contributed by atoms with Crippen LogP contribution in [0.25, 0.3) is 77.6 Å². The molecular formula is C60H57GeIrN5O-2. The topological polar surface area (TPSA) is 80.5 Å². The maximum absolute atomic E-state index is 9.43. The van der Waals surface area contributed by atoms with Crippen LogP contribution in [-0.4, -0.2) is 32.8 Å². The number of furan rings is 1. The van der Waals surface area contributed by atoms with Crippen molar-refractivity contribution in [2.45, 2.75) is 83.6 Å². The Hall–Kier alpha value is -6.17. The second-order valence-electron chi connectivity index (χ2n) is 19.7. The zero-order valence-electron chi connectivity index (χ0n) is 40.4. The van der Waals surface area contributed by atoms with Gasteiger partial charge >= 0.3 is 126 Å². The van der Waals surface area contributed by atoms with Crippen molar-refractivity contribution in [3.63, 3.8) is 0 Å². The maximum Gasteiger partial charge on any atom is 0.217 e. The first-order valence-electron chi connectivity index (χ1n) is 23.5. The third kappa shape index (κ3) is 9.87. The molecule has 10 rings (SSSR count). The van der Waals surface area contributed by atoms with Gasteiger partial charge in [0.2, 0.25) is 5.71 Å². The summed E-state index contributed by atoms with van der Waals surface area (Å²) in [6.07, 6.45) is 3.27. The van der Waals surface area contributed by atoms with Crippen LogP contribution in [0.1, 0.15) is 81.3 Å². The first-order chi connectivity index (χ1) is 32.3. The fraction of sp³-hybridized carbons (Fsp3) is 0.233. The Kier molecular flexibility index (Phi) is 14.3. The molecule has 1 radical (unpaired) electrons. The van der Waals surface area contributed by atoms with Gasteiger partial charge in [-0.25, -0.2) is 4.98 Å². The van der Waals surface area contributed by atoms with Gasteiger partial charge in [0, 0.05) is 32.0 Å². The number of fused-ring (bicyclic) bond motifs is 5. The fourth-order valence-electron chi connectivity index (χ4n) is 9.38. The van der Waals surface area contributed by atoms with Gasteiger partial charge in [0.1, 0.15) is 11.8 Å². The van der Waals surface area contributed by atoms with Gasteiger partial charge in [0.25, 0.3) is 0 Å². The molecule has 0 saturated heterocycles. The number of hydrogen-bond donors (Lipinski definition) is 0. The van der Waals surface area contributed by atoms with Crippen LogP contribution in [0.15, 0.2) is 144 Å². The van der Waals surface area contributed by atoms with Crippen LogP contribution in [0.4, 0.5) is 0 Å². The van der Waals surface area contributed by atoms with E-state index in [0.717, 1.165) is 50.9 Å². The Bertz CT molecular complexity index is 3430. The van der Waals surface area contributed by atoms with Gasteiger partial charge in [-0.2, -0.15) is 5.26 Å². The van der Waals surface area contributed by atoms with Gasteiger partial charge in [-0.05, 0) is 80.8 Å². The summed E-state index contributed by atoms with van der Waals surface area (Å²) >= 11 is -1.86. The van der Waals surface area contributed by atoms with E-state index >= 15 is 0 Å². The van der Waals surface area contributed by atoms with Crippen LogP contribution < -0.4 is 4.40 Å². The number of imidazole rings is 1. The number of nitriles is 1. The van der Waals surface area contributed by atoms with Crippen LogP contribution in [0.3, 0.4) is 0 Å². The molecule has 0 spiro atoms. The number of aromatic nitrogens is 4. The van der Waals surface area contributed by atoms with Crippen LogP contribution in [0.2, 0.25) is 17.3 Å². The minimum atomic E-state index is -1.86. The standard InChI is InChI=1S/C42H33N4O.C18H24GeN.Ir/c1-25(2)35-21-30(29-17-16-27-10-5-6-11-28(27)20-29)22-36(26(3)4)37(35)24-46-39-15-8-7-14-38(39)45-41(46)34-13-9-12-32-33-19-18-31(23-43)44-42(33)47-40(32)34;1-14(2)11-16-12-18(15-9-7-6-8-10-15)20-13-17(16)19(3,4)5;/h5-12,14-22,25-26H,24H2,1-4H3;6-9,12-14H,11H2,1-5H3;/q2*-1;. The predicted molar refractivity (Wildman–Crippen MR) is 280 cm³/mol. The van der Waals surface area contributed by atoms with Gasteiger partial charge in [0.05, 0.1) is 22.4 Å². The molecule has 0 saturated carbocycles. The number of nitrogens with zero attached hydrogens (tertiary/aromatic N) is 5. The predicted octanol–water partition coefficient (Wildman–Crippen LogP) is 15.1. The average molecular weight is 1130 g/mol. The molecule has 0 atom stereocenters. The number of hydrogen-bond acceptors (Lipinski definition) is 5. The van der Waals surface area contributed by atoms with Gasteiger partial charge in [-0.3, -0.25) is 4.98 Å². The molecule has 4 heterocycles. The summed E-state index contributed by atoms with van der Waals surface area (Å²) < 4.78 is 10.2. The second kappa shape index (κ2) is 20.2. The molecule has 0 N–H and O–H groups in total.